The van der Waals surface area contributed by atoms with Crippen LogP contribution < -0.4 is 5.32 Å². The molecule has 2 saturated carbocycles. The molecule has 2 heteroatoms. The van der Waals surface area contributed by atoms with Crippen molar-refractivity contribution in [1.82, 2.24) is 0 Å². The van der Waals surface area contributed by atoms with Crippen molar-refractivity contribution in [2.75, 3.05) is 5.32 Å². The molecule has 1 amide bonds. The second kappa shape index (κ2) is 14.0. The highest BCUT2D eigenvalue weighted by atomic mass is 16.1. The smallest absolute Gasteiger partial charge is 0.250 e. The highest BCUT2D eigenvalue weighted by molar-refractivity contribution is 6.02. The third kappa shape index (κ3) is 8.32. The first kappa shape index (κ1) is 27.7. The molecule has 0 radical (unpaired) electrons. The predicted octanol–water partition coefficient (Wildman–Crippen LogP) is 10.3. The van der Waals surface area contributed by atoms with E-state index in [4.69, 9.17) is 0 Å². The molecular formula is C35H49NO. The van der Waals surface area contributed by atoms with Gasteiger partial charge in [-0.2, -0.15) is 0 Å². The summed E-state index contributed by atoms with van der Waals surface area (Å²) in [5.41, 5.74) is 5.24. The molecule has 37 heavy (non-hydrogen) atoms. The number of carbonyl (C=O) groups is 1. The van der Waals surface area contributed by atoms with Crippen LogP contribution in [0, 0.1) is 17.8 Å². The minimum absolute atomic E-state index is 0.132. The summed E-state index contributed by atoms with van der Waals surface area (Å²) < 4.78 is 0. The van der Waals surface area contributed by atoms with Crippen molar-refractivity contribution in [3.8, 4) is 11.1 Å². The van der Waals surface area contributed by atoms with Gasteiger partial charge in [0.15, 0.2) is 0 Å². The molecule has 0 aromatic heterocycles. The second-order valence-electron chi connectivity index (χ2n) is 12.1. The van der Waals surface area contributed by atoms with Gasteiger partial charge in [-0.3, -0.25) is 4.79 Å². The Labute approximate surface area is 226 Å². The fourth-order valence-electron chi connectivity index (χ4n) is 6.68. The maximum atomic E-state index is 11.8. The molecule has 4 rings (SSSR count). The molecule has 0 aliphatic heterocycles. The number of benzene rings is 2. The monoisotopic (exact) mass is 499 g/mol. The summed E-state index contributed by atoms with van der Waals surface area (Å²) in [7, 11) is 0. The van der Waals surface area contributed by atoms with Crippen LogP contribution in [0.3, 0.4) is 0 Å². The number of hydrogen-bond donors (Lipinski definition) is 1. The molecule has 2 aliphatic rings. The highest BCUT2D eigenvalue weighted by Gasteiger charge is 2.25. The molecule has 0 spiro atoms. The fourth-order valence-corrected chi connectivity index (χ4v) is 6.68. The maximum absolute atomic E-state index is 11.8. The lowest BCUT2D eigenvalue weighted by Crippen LogP contribution is -2.17. The molecule has 0 unspecified atom stereocenters. The first-order chi connectivity index (χ1) is 18.0. The number of unbranched alkanes of at least 4 members (excludes halogenated alkanes) is 2. The van der Waals surface area contributed by atoms with Gasteiger partial charge in [0.1, 0.15) is 0 Å². The van der Waals surface area contributed by atoms with Gasteiger partial charge in [0, 0.05) is 11.3 Å². The average molecular weight is 500 g/mol. The minimum Gasteiger partial charge on any atom is -0.322 e. The number of amides is 1. The Morgan fingerprint density at radius 3 is 1.73 bits per heavy atom. The molecule has 0 atom stereocenters. The summed E-state index contributed by atoms with van der Waals surface area (Å²) in [6.45, 7) is 7.73. The predicted molar refractivity (Wildman–Crippen MR) is 159 cm³/mol. The summed E-state index contributed by atoms with van der Waals surface area (Å²) in [6, 6.07) is 17.3. The van der Waals surface area contributed by atoms with Crippen molar-refractivity contribution >= 4 is 11.6 Å². The number of rotatable bonds is 11. The number of carbonyl (C=O) groups excluding carboxylic acids is 1. The van der Waals surface area contributed by atoms with E-state index in [1.165, 1.54) is 107 Å². The van der Waals surface area contributed by atoms with E-state index in [2.05, 4.69) is 55.2 Å². The molecular weight excluding hydrogens is 450 g/mol. The third-order valence-corrected chi connectivity index (χ3v) is 9.26. The van der Waals surface area contributed by atoms with Gasteiger partial charge < -0.3 is 5.32 Å². The van der Waals surface area contributed by atoms with Crippen LogP contribution >= 0.6 is 0 Å². The lowest BCUT2D eigenvalue weighted by Gasteiger charge is -2.32. The maximum Gasteiger partial charge on any atom is 0.250 e. The summed E-state index contributed by atoms with van der Waals surface area (Å²) in [4.78, 5) is 11.8. The lowest BCUT2D eigenvalue weighted by atomic mass is 9.74. The quantitative estimate of drug-likeness (QED) is 0.242. The number of hydrogen-bond acceptors (Lipinski definition) is 1. The van der Waals surface area contributed by atoms with Crippen molar-refractivity contribution in [2.45, 2.75) is 110 Å². The highest BCUT2D eigenvalue weighted by Crippen LogP contribution is 2.40. The number of anilines is 1. The van der Waals surface area contributed by atoms with E-state index in [1.54, 1.807) is 6.92 Å². The lowest BCUT2D eigenvalue weighted by molar-refractivity contribution is -0.112. The fraction of sp³-hybridized carbons (Fsp3) is 0.571. The van der Waals surface area contributed by atoms with Gasteiger partial charge in [-0.15, -0.1) is 0 Å². The molecule has 2 aliphatic carbocycles. The van der Waals surface area contributed by atoms with Gasteiger partial charge in [0.25, 0.3) is 5.91 Å². The van der Waals surface area contributed by atoms with Gasteiger partial charge in [-0.05, 0) is 85.1 Å². The van der Waals surface area contributed by atoms with Crippen LogP contribution in [0.5, 0.6) is 0 Å². The largest absolute Gasteiger partial charge is 0.322 e. The summed E-state index contributed by atoms with van der Waals surface area (Å²) in [5.74, 6) is 3.61. The van der Waals surface area contributed by atoms with E-state index >= 15 is 0 Å². The van der Waals surface area contributed by atoms with E-state index in [0.717, 1.165) is 29.4 Å². The zero-order chi connectivity index (χ0) is 26.0. The summed E-state index contributed by atoms with van der Waals surface area (Å²) >= 11 is 0. The van der Waals surface area contributed by atoms with Crippen LogP contribution in [0.2, 0.25) is 0 Å². The van der Waals surface area contributed by atoms with Gasteiger partial charge in [0.2, 0.25) is 0 Å². The average Bonchev–Trinajstić information content (AvgIpc) is 2.93. The van der Waals surface area contributed by atoms with Crippen LogP contribution in [0.25, 0.3) is 11.1 Å². The van der Waals surface area contributed by atoms with Crippen molar-refractivity contribution in [2.24, 2.45) is 17.8 Å². The molecule has 1 N–H and O–H groups in total. The van der Waals surface area contributed by atoms with Crippen LogP contribution in [-0.4, -0.2) is 5.91 Å². The molecule has 0 bridgehead atoms. The van der Waals surface area contributed by atoms with E-state index in [9.17, 15) is 4.79 Å². The molecule has 2 aromatic rings. The van der Waals surface area contributed by atoms with Crippen LogP contribution in [0.15, 0.2) is 60.7 Å². The Balaban J connectivity index is 1.17. The van der Waals surface area contributed by atoms with Crippen LogP contribution in [0.1, 0.15) is 115 Å². The zero-order valence-corrected chi connectivity index (χ0v) is 23.4. The third-order valence-electron chi connectivity index (χ3n) is 9.26. The molecule has 0 heterocycles. The summed E-state index contributed by atoms with van der Waals surface area (Å²) in [6.07, 6.45) is 20.3. The molecule has 2 aromatic carbocycles. The topological polar surface area (TPSA) is 29.1 Å². The first-order valence-electron chi connectivity index (χ1n) is 15.2. The van der Waals surface area contributed by atoms with Crippen molar-refractivity contribution in [3.63, 3.8) is 0 Å². The van der Waals surface area contributed by atoms with Crippen LogP contribution in [-0.2, 0) is 4.79 Å². The molecule has 200 valence electrons. The van der Waals surface area contributed by atoms with Gasteiger partial charge in [0.05, 0.1) is 0 Å². The van der Waals surface area contributed by atoms with Gasteiger partial charge in [-0.1, -0.05) is 114 Å². The van der Waals surface area contributed by atoms with Crippen LogP contribution in [0.4, 0.5) is 5.69 Å². The van der Waals surface area contributed by atoms with E-state index in [-0.39, 0.29) is 5.91 Å². The Kier molecular flexibility index (Phi) is 10.5. The van der Waals surface area contributed by atoms with Crippen molar-refractivity contribution in [3.05, 3.63) is 66.2 Å². The molecule has 0 saturated heterocycles. The zero-order valence-electron chi connectivity index (χ0n) is 23.4. The Hall–Kier alpha value is -2.35. The van der Waals surface area contributed by atoms with E-state index < -0.39 is 0 Å². The van der Waals surface area contributed by atoms with Gasteiger partial charge >= 0.3 is 0 Å². The Morgan fingerprint density at radius 1 is 0.730 bits per heavy atom. The standard InChI is InChI=1S/C35H49NO/c1-4-5-6-7-27-8-10-28(11-9-27)12-13-29-14-16-30(17-15-29)31-18-20-32(21-19-31)33-22-24-34(25-23-33)36-35(37)26(2)3/h18-25,27-30H,2,4-17H2,1,3H3,(H,36,37). The van der Waals surface area contributed by atoms with Crippen molar-refractivity contribution < 1.29 is 4.79 Å². The normalized spacial score (nSPS) is 23.9. The Bertz CT molecular complexity index is 973. The molecule has 2 nitrogen and oxygen atoms in total. The van der Waals surface area contributed by atoms with E-state index in [0.29, 0.717) is 5.57 Å². The minimum atomic E-state index is -0.132. The second-order valence-corrected chi connectivity index (χ2v) is 12.1. The Morgan fingerprint density at radius 2 is 1.22 bits per heavy atom. The van der Waals surface area contributed by atoms with Gasteiger partial charge in [-0.25, -0.2) is 0 Å². The van der Waals surface area contributed by atoms with Crippen molar-refractivity contribution in [1.29, 1.82) is 0 Å². The molecule has 2 fully saturated rings. The SMILES string of the molecule is C=C(C)C(=O)Nc1ccc(-c2ccc(C3CCC(CCC4CCC(CCCCC)CC4)CC3)cc2)cc1. The first-order valence-corrected chi connectivity index (χ1v) is 15.2. The summed E-state index contributed by atoms with van der Waals surface area (Å²) in [5, 5.41) is 2.87. The van der Waals surface area contributed by atoms with E-state index in [1.807, 2.05) is 12.1 Å². The number of nitrogens with one attached hydrogen (secondary N) is 1.